The van der Waals surface area contributed by atoms with E-state index in [1.807, 2.05) is 9.80 Å². The average Bonchev–Trinajstić information content (AvgIpc) is 4.17. The molecule has 3 fully saturated rings. The Morgan fingerprint density at radius 3 is 2.18 bits per heavy atom. The molecule has 4 aliphatic rings. The van der Waals surface area contributed by atoms with Gasteiger partial charge in [-0.2, -0.15) is 5.10 Å². The second-order valence-electron chi connectivity index (χ2n) is 18.7. The monoisotopic (exact) mass is 1070 g/mol. The van der Waals surface area contributed by atoms with Gasteiger partial charge in [0.2, 0.25) is 17.7 Å². The summed E-state index contributed by atoms with van der Waals surface area (Å²) in [5, 5.41) is 16.0. The van der Waals surface area contributed by atoms with Crippen molar-refractivity contribution in [1.29, 1.82) is 0 Å². The van der Waals surface area contributed by atoms with E-state index in [9.17, 15) is 37.5 Å². The number of nitrogens with zero attached hydrogens (tertiary/aromatic N) is 7. The van der Waals surface area contributed by atoms with Crippen LogP contribution < -0.4 is 26.2 Å². The lowest BCUT2D eigenvalue weighted by atomic mass is 10.0. The van der Waals surface area contributed by atoms with Crippen LogP contribution in [0.15, 0.2) is 73.1 Å². The lowest BCUT2D eigenvalue weighted by molar-refractivity contribution is -0.136. The molecule has 4 N–H and O–H groups in total. The van der Waals surface area contributed by atoms with Crippen molar-refractivity contribution in [3.63, 3.8) is 0 Å². The van der Waals surface area contributed by atoms with Gasteiger partial charge in [0, 0.05) is 56.1 Å². The number of ether oxygens (including phenoxy) is 5. The Balaban J connectivity index is 0.574. The summed E-state index contributed by atoms with van der Waals surface area (Å²) < 4.78 is 58.3. The molecule has 0 bridgehead atoms. The Morgan fingerprint density at radius 1 is 0.727 bits per heavy atom. The summed E-state index contributed by atoms with van der Waals surface area (Å²) in [7, 11) is 0. The highest BCUT2D eigenvalue weighted by molar-refractivity contribution is 6.23. The van der Waals surface area contributed by atoms with Gasteiger partial charge in [0.25, 0.3) is 17.7 Å². The Kier molecular flexibility index (Phi) is 18.3. The summed E-state index contributed by atoms with van der Waals surface area (Å²) in [6, 6.07) is 13.9. The van der Waals surface area contributed by atoms with Crippen molar-refractivity contribution in [3.8, 4) is 0 Å². The number of halogens is 2. The zero-order valence-electron chi connectivity index (χ0n) is 42.4. The molecular weight excluding hydrogens is 1000 g/mol. The summed E-state index contributed by atoms with van der Waals surface area (Å²) in [5.41, 5.74) is 2.27. The van der Waals surface area contributed by atoms with Crippen LogP contribution in [0.4, 0.5) is 31.8 Å². The van der Waals surface area contributed by atoms with E-state index < -0.39 is 47.2 Å². The third-order valence-corrected chi connectivity index (χ3v) is 13.6. The first kappa shape index (κ1) is 54.3. The molecule has 2 aromatic carbocycles. The topological polar surface area (TPSA) is 249 Å². The molecule has 22 nitrogen and oxygen atoms in total. The molecule has 24 heteroatoms. The van der Waals surface area contributed by atoms with Crippen molar-refractivity contribution in [2.45, 2.75) is 63.1 Å². The van der Waals surface area contributed by atoms with Crippen LogP contribution in [-0.2, 0) is 38.1 Å². The van der Waals surface area contributed by atoms with Crippen LogP contribution in [0.5, 0.6) is 0 Å². The molecule has 6 amide bonds. The number of carbonyl (C=O) groups excluding carboxylic acids is 6. The second-order valence-corrected chi connectivity index (χ2v) is 18.7. The number of amides is 6. The lowest BCUT2D eigenvalue weighted by Gasteiger charge is -2.32. The molecule has 7 heterocycles. The highest BCUT2D eigenvalue weighted by atomic mass is 19.1. The summed E-state index contributed by atoms with van der Waals surface area (Å²) in [5.74, 6) is -2.51. The van der Waals surface area contributed by atoms with Gasteiger partial charge in [0.15, 0.2) is 5.65 Å². The first-order chi connectivity index (χ1) is 37.5. The minimum absolute atomic E-state index is 0.0186. The Labute approximate surface area is 442 Å². The van der Waals surface area contributed by atoms with Gasteiger partial charge >= 0.3 is 0 Å². The molecule has 77 heavy (non-hydrogen) atoms. The number of rotatable bonds is 26. The number of hydrogen-bond acceptors (Lipinski definition) is 17. The van der Waals surface area contributed by atoms with Gasteiger partial charge in [-0.3, -0.25) is 39.0 Å². The average molecular weight is 1070 g/mol. The van der Waals surface area contributed by atoms with Gasteiger partial charge in [-0.25, -0.2) is 23.3 Å². The highest BCUT2D eigenvalue weighted by Gasteiger charge is 2.44. The van der Waals surface area contributed by atoms with Crippen LogP contribution in [0, 0.1) is 11.6 Å². The number of imide groups is 2. The predicted octanol–water partition coefficient (Wildman–Crippen LogP) is 4.39. The number of nitrogens with one attached hydrogen (secondary N) is 4. The summed E-state index contributed by atoms with van der Waals surface area (Å²) >= 11 is 0. The van der Waals surface area contributed by atoms with Crippen LogP contribution in [0.2, 0.25) is 0 Å². The summed E-state index contributed by atoms with van der Waals surface area (Å²) in [6.07, 6.45) is 6.46. The molecule has 0 saturated carbocycles. The fourth-order valence-electron chi connectivity index (χ4n) is 9.70. The van der Waals surface area contributed by atoms with E-state index in [-0.39, 0.29) is 66.2 Å². The third-order valence-electron chi connectivity index (χ3n) is 13.6. The number of pyridine rings is 1. The smallest absolute Gasteiger partial charge is 0.274 e. The first-order valence-corrected chi connectivity index (χ1v) is 25.9. The predicted molar refractivity (Wildman–Crippen MR) is 274 cm³/mol. The van der Waals surface area contributed by atoms with Crippen LogP contribution in [0.1, 0.15) is 87.8 Å². The number of anilines is 4. The summed E-state index contributed by atoms with van der Waals surface area (Å²) in [4.78, 5) is 90.1. The van der Waals surface area contributed by atoms with Crippen molar-refractivity contribution in [2.24, 2.45) is 0 Å². The largest absolute Gasteiger partial charge is 0.383 e. The minimum atomic E-state index is -1.01. The maximum atomic E-state index is 14.8. The molecule has 408 valence electrons. The van der Waals surface area contributed by atoms with Crippen molar-refractivity contribution in [3.05, 3.63) is 107 Å². The van der Waals surface area contributed by atoms with Gasteiger partial charge in [-0.15, -0.1) is 0 Å². The molecule has 0 radical (unpaired) electrons. The van der Waals surface area contributed by atoms with Gasteiger partial charge in [-0.05, 0) is 86.7 Å². The molecule has 1 unspecified atom stereocenters. The maximum absolute atomic E-state index is 14.8. The standard InChI is InChI=1S/C53H61F2N11O11/c54-34-6-9-40(55)39(31-34)43-4-2-17-64(43)46-14-20-65-49(61-46)42(33-57-65)60-50(69)41-3-1-5-45(59-41)58-35-12-18-63(19-13-35)48(68)15-21-73-23-25-75-27-29-77-30-28-76-26-24-74-22-16-56-36-7-8-37-38(32-36)53(72)66(52(37)71)44-10-11-47(67)62-51(44)70/h1,3,5-9,14,20,31-33,35,43-44,56H,2,4,10-13,15-19,21-30H2,(H,58,59)(H,60,69)(H,62,67,70)/t43-,44?/m1/s1. The number of fused-ring (bicyclic) bond motifs is 2. The van der Waals surface area contributed by atoms with Gasteiger partial charge < -0.3 is 49.4 Å². The number of carbonyl (C=O) groups is 6. The van der Waals surface area contributed by atoms with Gasteiger partial charge in [0.1, 0.15) is 40.7 Å². The van der Waals surface area contributed by atoms with Crippen molar-refractivity contribution < 1.29 is 61.2 Å². The summed E-state index contributed by atoms with van der Waals surface area (Å²) in [6.45, 7) is 5.86. The van der Waals surface area contributed by atoms with Crippen molar-refractivity contribution in [1.82, 2.24) is 34.7 Å². The van der Waals surface area contributed by atoms with E-state index in [4.69, 9.17) is 28.7 Å². The van der Waals surface area contributed by atoms with E-state index in [2.05, 4.69) is 31.3 Å². The number of benzene rings is 2. The maximum Gasteiger partial charge on any atom is 0.274 e. The normalized spacial score (nSPS) is 17.8. The Morgan fingerprint density at radius 2 is 1.44 bits per heavy atom. The Hall–Kier alpha value is -7.51. The molecule has 3 saturated heterocycles. The quantitative estimate of drug-likeness (QED) is 0.0443. The second kappa shape index (κ2) is 26.0. The van der Waals surface area contributed by atoms with Crippen LogP contribution in [0.25, 0.3) is 5.65 Å². The van der Waals surface area contributed by atoms with E-state index >= 15 is 0 Å². The molecule has 5 aromatic rings. The molecule has 4 aliphatic heterocycles. The van der Waals surface area contributed by atoms with Crippen LogP contribution >= 0.6 is 0 Å². The van der Waals surface area contributed by atoms with E-state index in [0.717, 1.165) is 23.5 Å². The fourth-order valence-corrected chi connectivity index (χ4v) is 9.70. The number of aromatic nitrogens is 4. The van der Waals surface area contributed by atoms with Crippen LogP contribution in [-0.4, -0.2) is 169 Å². The number of likely N-dealkylation sites (tertiary alicyclic amines) is 1. The van der Waals surface area contributed by atoms with E-state index in [1.54, 1.807) is 48.7 Å². The number of hydrogen-bond donors (Lipinski definition) is 4. The molecule has 0 aliphatic carbocycles. The van der Waals surface area contributed by atoms with Gasteiger partial charge in [-0.1, -0.05) is 6.07 Å². The van der Waals surface area contributed by atoms with Gasteiger partial charge in [0.05, 0.1) is 95.9 Å². The highest BCUT2D eigenvalue weighted by Crippen LogP contribution is 2.37. The minimum Gasteiger partial charge on any atom is -0.383 e. The van der Waals surface area contributed by atoms with Crippen LogP contribution in [0.3, 0.4) is 0 Å². The van der Waals surface area contributed by atoms with E-state index in [0.29, 0.717) is 134 Å². The first-order valence-electron chi connectivity index (χ1n) is 25.9. The zero-order valence-corrected chi connectivity index (χ0v) is 42.4. The molecule has 3 aromatic heterocycles. The molecule has 2 atom stereocenters. The Bertz CT molecular complexity index is 2940. The zero-order chi connectivity index (χ0) is 53.7. The third kappa shape index (κ3) is 13.7. The lowest BCUT2D eigenvalue weighted by Crippen LogP contribution is -2.54. The van der Waals surface area contributed by atoms with E-state index in [1.165, 1.54) is 16.8 Å². The van der Waals surface area contributed by atoms with Crippen molar-refractivity contribution >= 4 is 64.1 Å². The van der Waals surface area contributed by atoms with Crippen molar-refractivity contribution in [2.75, 3.05) is 113 Å². The SMILES string of the molecule is O=C1CCC(N2C(=O)c3ccc(NCCOCCOCCOCCOCCOCCC(=O)N4CCC(Nc5cccc(C(=O)Nc6cnn7ccc(N8CCC[C@@H]8c8cc(F)ccc8F)nc67)n5)CC4)cc3C2=O)C(=O)N1. The molecular formula is C53H61F2N11O11. The number of piperidine rings is 2. The molecule has 9 rings (SSSR count). The fraction of sp³-hybridized carbons (Fsp3) is 0.453. The molecule has 0 spiro atoms.